The molecule has 0 spiro atoms. The zero-order valence-corrected chi connectivity index (χ0v) is 26.1. The monoisotopic (exact) mass is 620 g/mol. The Bertz CT molecular complexity index is 1370. The van der Waals surface area contributed by atoms with Crippen LogP contribution in [0.3, 0.4) is 0 Å². The molecule has 10 nitrogen and oxygen atoms in total. The Hall–Kier alpha value is -4.47. The molecule has 0 saturated carbocycles. The summed E-state index contributed by atoms with van der Waals surface area (Å²) in [4.78, 5) is 33.4. The Morgan fingerprint density at radius 2 is 1.04 bits per heavy atom. The molecule has 0 unspecified atom stereocenters. The number of non-ortho nitro benzene ring substituents is 2. The van der Waals surface area contributed by atoms with Crippen molar-refractivity contribution in [3.63, 3.8) is 0 Å². The first-order valence-corrected chi connectivity index (χ1v) is 16.0. The van der Waals surface area contributed by atoms with Crippen molar-refractivity contribution < 1.29 is 29.2 Å². The molecule has 0 aliphatic carbocycles. The van der Waals surface area contributed by atoms with Gasteiger partial charge in [-0.15, -0.1) is 0 Å². The molecule has 10 heteroatoms. The molecular formula is C35H44N2O8. The van der Waals surface area contributed by atoms with Crippen LogP contribution in [0.25, 0.3) is 0 Å². The molecule has 0 aromatic heterocycles. The molecule has 3 rings (SSSR count). The number of hydrogen-bond donors (Lipinski definition) is 1. The molecule has 0 aliphatic rings. The Morgan fingerprint density at radius 3 is 1.47 bits per heavy atom. The van der Waals surface area contributed by atoms with Crippen molar-refractivity contribution in [2.75, 3.05) is 0 Å². The molecule has 1 N–H and O–H groups in total. The molecule has 0 heterocycles. The number of carboxylic acids is 1. The second kappa shape index (κ2) is 19.0. The van der Waals surface area contributed by atoms with E-state index < -0.39 is 15.8 Å². The van der Waals surface area contributed by atoms with Gasteiger partial charge in [0.15, 0.2) is 0 Å². The van der Waals surface area contributed by atoms with E-state index in [0.717, 1.165) is 25.7 Å². The molecule has 45 heavy (non-hydrogen) atoms. The number of hydrogen-bond acceptors (Lipinski definition) is 7. The van der Waals surface area contributed by atoms with Crippen molar-refractivity contribution in [2.45, 2.75) is 103 Å². The minimum absolute atomic E-state index is 0.0287. The number of benzene rings is 3. The number of nitro groups is 2. The van der Waals surface area contributed by atoms with Gasteiger partial charge in [0.2, 0.25) is 0 Å². The number of nitrogens with zero attached hydrogens (tertiary/aromatic N) is 2. The minimum atomic E-state index is -1.14. The van der Waals surface area contributed by atoms with E-state index >= 15 is 0 Å². The molecule has 3 aromatic carbocycles. The summed E-state index contributed by atoms with van der Waals surface area (Å²) < 4.78 is 11.9. The highest BCUT2D eigenvalue weighted by Gasteiger charge is 2.20. The second-order valence-electron chi connectivity index (χ2n) is 11.3. The molecule has 3 aromatic rings. The Kier molecular flexibility index (Phi) is 14.8. The largest absolute Gasteiger partial charge is 0.478 e. The number of rotatable bonds is 22. The van der Waals surface area contributed by atoms with Gasteiger partial charge in [0.1, 0.15) is 23.0 Å². The van der Waals surface area contributed by atoms with Crippen LogP contribution in [-0.4, -0.2) is 20.9 Å². The quantitative estimate of drug-likeness (QED) is 0.0664. The summed E-state index contributed by atoms with van der Waals surface area (Å²) in [6.45, 7) is 2.24. The van der Waals surface area contributed by atoms with E-state index in [1.807, 2.05) is 0 Å². The lowest BCUT2D eigenvalue weighted by molar-refractivity contribution is -0.385. The molecule has 0 atom stereocenters. The molecule has 0 aliphatic heterocycles. The van der Waals surface area contributed by atoms with Crippen LogP contribution in [0.4, 0.5) is 11.4 Å². The Labute approximate surface area is 264 Å². The van der Waals surface area contributed by atoms with Crippen LogP contribution < -0.4 is 9.47 Å². The molecule has 242 valence electrons. The third-order valence-corrected chi connectivity index (χ3v) is 7.75. The summed E-state index contributed by atoms with van der Waals surface area (Å²) in [6, 6.07) is 14.0. The van der Waals surface area contributed by atoms with Crippen molar-refractivity contribution in [1.29, 1.82) is 0 Å². The van der Waals surface area contributed by atoms with Gasteiger partial charge in [-0.05, 0) is 43.2 Å². The number of unbranched alkanes of at least 4 members (excludes halogenated alkanes) is 13. The van der Waals surface area contributed by atoms with E-state index in [-0.39, 0.29) is 34.2 Å². The maximum atomic E-state index is 12.4. The third-order valence-electron chi connectivity index (χ3n) is 7.75. The molecule has 0 fully saturated rings. The summed E-state index contributed by atoms with van der Waals surface area (Å²) in [7, 11) is 0. The lowest BCUT2D eigenvalue weighted by Gasteiger charge is -2.16. The van der Waals surface area contributed by atoms with Crippen molar-refractivity contribution in [3.05, 3.63) is 92.0 Å². The Balaban J connectivity index is 1.63. The summed E-state index contributed by atoms with van der Waals surface area (Å²) in [5.41, 5.74) is 0.350. The fourth-order valence-corrected chi connectivity index (χ4v) is 5.25. The SMILES string of the molecule is CCCCCCCCCCCCCCCCc1c(Oc2ccc([N+](=O)[O-])cc2)cc(Oc2ccc([N+](=O)[O-])cc2)cc1C(=O)O. The average molecular weight is 621 g/mol. The summed E-state index contributed by atoms with van der Waals surface area (Å²) in [5, 5.41) is 32.2. The van der Waals surface area contributed by atoms with Gasteiger partial charge in [-0.1, -0.05) is 90.4 Å². The van der Waals surface area contributed by atoms with Crippen LogP contribution in [0.2, 0.25) is 0 Å². The predicted molar refractivity (Wildman–Crippen MR) is 174 cm³/mol. The number of nitro benzene ring substituents is 2. The zero-order chi connectivity index (χ0) is 32.4. The molecular weight excluding hydrogens is 576 g/mol. The minimum Gasteiger partial charge on any atom is -0.478 e. The van der Waals surface area contributed by atoms with Crippen LogP contribution in [-0.2, 0) is 6.42 Å². The fraction of sp³-hybridized carbons (Fsp3) is 0.457. The fourth-order valence-electron chi connectivity index (χ4n) is 5.25. The molecule has 0 radical (unpaired) electrons. The smallest absolute Gasteiger partial charge is 0.336 e. The van der Waals surface area contributed by atoms with E-state index in [0.29, 0.717) is 17.7 Å². The second-order valence-corrected chi connectivity index (χ2v) is 11.3. The number of carboxylic acid groups (broad SMARTS) is 1. The van der Waals surface area contributed by atoms with Crippen molar-refractivity contribution in [2.24, 2.45) is 0 Å². The van der Waals surface area contributed by atoms with Crippen molar-refractivity contribution in [1.82, 2.24) is 0 Å². The summed E-state index contributed by atoms with van der Waals surface area (Å²) in [6.07, 6.45) is 17.5. The highest BCUT2D eigenvalue weighted by atomic mass is 16.6. The maximum absolute atomic E-state index is 12.4. The first-order chi connectivity index (χ1) is 21.8. The normalized spacial score (nSPS) is 10.9. The van der Waals surface area contributed by atoms with Crippen LogP contribution in [0, 0.1) is 20.2 Å². The first-order valence-electron chi connectivity index (χ1n) is 16.0. The molecule has 0 saturated heterocycles. The van der Waals surface area contributed by atoms with Gasteiger partial charge in [-0.3, -0.25) is 20.2 Å². The van der Waals surface area contributed by atoms with E-state index in [2.05, 4.69) is 6.92 Å². The lowest BCUT2D eigenvalue weighted by Crippen LogP contribution is -2.06. The van der Waals surface area contributed by atoms with Gasteiger partial charge in [0.05, 0.1) is 15.4 Å². The highest BCUT2D eigenvalue weighted by molar-refractivity contribution is 5.91. The maximum Gasteiger partial charge on any atom is 0.336 e. The topological polar surface area (TPSA) is 142 Å². The predicted octanol–water partition coefficient (Wildman–Crippen LogP) is 10.8. The van der Waals surface area contributed by atoms with Crippen molar-refractivity contribution in [3.8, 4) is 23.0 Å². The van der Waals surface area contributed by atoms with Gasteiger partial charge in [0.25, 0.3) is 11.4 Å². The average Bonchev–Trinajstić information content (AvgIpc) is 3.02. The summed E-state index contributed by atoms with van der Waals surface area (Å²) in [5.74, 6) is -0.0825. The Morgan fingerprint density at radius 1 is 0.622 bits per heavy atom. The van der Waals surface area contributed by atoms with E-state index in [1.54, 1.807) is 6.07 Å². The van der Waals surface area contributed by atoms with Crippen LogP contribution >= 0.6 is 0 Å². The molecule has 0 amide bonds. The molecule has 0 bridgehead atoms. The summed E-state index contributed by atoms with van der Waals surface area (Å²) >= 11 is 0. The van der Waals surface area contributed by atoms with Crippen LogP contribution in [0.1, 0.15) is 113 Å². The lowest BCUT2D eigenvalue weighted by atomic mass is 9.98. The van der Waals surface area contributed by atoms with E-state index in [4.69, 9.17) is 9.47 Å². The number of carbonyl (C=O) groups is 1. The van der Waals surface area contributed by atoms with Crippen LogP contribution in [0.15, 0.2) is 60.7 Å². The first kappa shape index (κ1) is 35.0. The van der Waals surface area contributed by atoms with Gasteiger partial charge >= 0.3 is 5.97 Å². The van der Waals surface area contributed by atoms with Crippen LogP contribution in [0.5, 0.6) is 23.0 Å². The zero-order valence-electron chi connectivity index (χ0n) is 26.1. The van der Waals surface area contributed by atoms with Gasteiger partial charge < -0.3 is 14.6 Å². The van der Waals surface area contributed by atoms with Gasteiger partial charge in [-0.25, -0.2) is 4.79 Å². The number of ether oxygens (including phenoxy) is 2. The number of aromatic carboxylic acids is 1. The standard InChI is InChI=1S/C35H44N2O8/c1-2-3-4-5-6-7-8-9-10-11-12-13-14-15-16-32-33(35(38)39)25-31(44-29-21-17-27(18-22-29)36(40)41)26-34(32)45-30-23-19-28(20-24-30)37(42)43/h17-26H,2-16H2,1H3,(H,38,39). The van der Waals surface area contributed by atoms with Gasteiger partial charge in [-0.2, -0.15) is 0 Å². The highest BCUT2D eigenvalue weighted by Crippen LogP contribution is 2.36. The van der Waals surface area contributed by atoms with Crippen molar-refractivity contribution >= 4 is 17.3 Å². The van der Waals surface area contributed by atoms with E-state index in [9.17, 15) is 30.1 Å². The van der Waals surface area contributed by atoms with E-state index in [1.165, 1.54) is 119 Å². The third kappa shape index (κ3) is 12.2. The van der Waals surface area contributed by atoms with Gasteiger partial charge in [0, 0.05) is 35.9 Å².